The van der Waals surface area contributed by atoms with Crippen LogP contribution in [-0.2, 0) is 0 Å². The molecule has 0 aliphatic carbocycles. The first-order chi connectivity index (χ1) is 17.2. The third-order valence-electron chi connectivity index (χ3n) is 7.75. The number of carbonyl (C=O) groups excluding carboxylic acids is 2. The average Bonchev–Trinajstić information content (AvgIpc) is 3.58. The number of rotatable bonds is 6. The molecule has 2 saturated heterocycles. The lowest BCUT2D eigenvalue weighted by Gasteiger charge is -2.38. The fourth-order valence-corrected chi connectivity index (χ4v) is 5.72. The van der Waals surface area contributed by atoms with Crippen LogP contribution in [0.4, 0.5) is 0 Å². The minimum absolute atomic E-state index is 0.0571. The van der Waals surface area contributed by atoms with E-state index in [4.69, 9.17) is 0 Å². The van der Waals surface area contributed by atoms with Crippen LogP contribution in [0.25, 0.3) is 22.1 Å². The number of nitrogens with one attached hydrogen (secondary N) is 2. The molecule has 2 fully saturated rings. The van der Waals surface area contributed by atoms with Crippen LogP contribution in [-0.4, -0.2) is 74.1 Å². The Hall–Kier alpha value is -3.36. The number of ketones is 2. The van der Waals surface area contributed by atoms with E-state index in [2.05, 4.69) is 29.7 Å². The third kappa shape index (κ3) is 4.28. The molecule has 2 aromatic carbocycles. The molecule has 0 atom stereocenters. The van der Waals surface area contributed by atoms with Crippen molar-refractivity contribution in [2.75, 3.05) is 32.8 Å². The minimum Gasteiger partial charge on any atom is -0.345 e. The summed E-state index contributed by atoms with van der Waals surface area (Å²) < 4.78 is 0. The van der Waals surface area contributed by atoms with E-state index < -0.39 is 0 Å². The predicted molar refractivity (Wildman–Crippen MR) is 134 cm³/mol. The number of fused-ring (bicyclic) bond motifs is 2. The van der Waals surface area contributed by atoms with Gasteiger partial charge >= 0.3 is 0 Å². The van der Waals surface area contributed by atoms with Crippen LogP contribution in [0.5, 0.6) is 0 Å². The van der Waals surface area contributed by atoms with Crippen LogP contribution >= 0.6 is 0 Å². The zero-order chi connectivity index (χ0) is 23.8. The summed E-state index contributed by atoms with van der Waals surface area (Å²) >= 11 is 0. The number of Topliss-reactive ketones (excluding diaryl/α,β-unsaturated/α-hetero) is 2. The smallest absolute Gasteiger partial charge is 0.168 e. The Kier molecular flexibility index (Phi) is 5.91. The van der Waals surface area contributed by atoms with Gasteiger partial charge in [0.25, 0.3) is 0 Å². The number of carbonyl (C=O) groups is 2. The van der Waals surface area contributed by atoms with Crippen molar-refractivity contribution in [2.45, 2.75) is 25.7 Å². The number of aromatic nitrogens is 4. The molecular formula is C27H30N6O2. The van der Waals surface area contributed by atoms with E-state index in [1.807, 2.05) is 36.4 Å². The Labute approximate surface area is 203 Å². The number of para-hydroxylation sites is 2. The molecule has 8 nitrogen and oxygen atoms in total. The Bertz CT molecular complexity index is 1250. The molecule has 0 bridgehead atoms. The Balaban J connectivity index is 1.01. The van der Waals surface area contributed by atoms with E-state index >= 15 is 0 Å². The molecule has 35 heavy (non-hydrogen) atoms. The van der Waals surface area contributed by atoms with E-state index in [1.165, 1.54) is 0 Å². The van der Waals surface area contributed by atoms with E-state index in [9.17, 15) is 9.59 Å². The summed E-state index contributed by atoms with van der Waals surface area (Å²) in [5.74, 6) is 0.547. The zero-order valence-electron chi connectivity index (χ0n) is 19.7. The number of H-pyrrole nitrogens is 2. The van der Waals surface area contributed by atoms with Crippen molar-refractivity contribution in [2.24, 2.45) is 11.8 Å². The molecule has 0 amide bonds. The second-order valence-corrected chi connectivity index (χ2v) is 9.86. The van der Waals surface area contributed by atoms with E-state index in [0.29, 0.717) is 0 Å². The second-order valence-electron chi connectivity index (χ2n) is 9.86. The molecule has 0 spiro atoms. The van der Waals surface area contributed by atoms with Gasteiger partial charge in [-0.25, -0.2) is 9.97 Å². The SMILES string of the molecule is O=C(c1cccc2[nH]cnc12)C1CCN(CN2CCC(C(=O)c3cccc4[nH]cnc34)CC2)CC1. The summed E-state index contributed by atoms with van der Waals surface area (Å²) in [5, 5.41) is 0. The van der Waals surface area contributed by atoms with Crippen LogP contribution in [0.2, 0.25) is 0 Å². The molecule has 0 radical (unpaired) electrons. The first-order valence-electron chi connectivity index (χ1n) is 12.5. The maximum Gasteiger partial charge on any atom is 0.168 e. The fourth-order valence-electron chi connectivity index (χ4n) is 5.72. The van der Waals surface area contributed by atoms with Gasteiger partial charge in [-0.05, 0) is 49.9 Å². The summed E-state index contributed by atoms with van der Waals surface area (Å²) in [6, 6.07) is 11.6. The van der Waals surface area contributed by atoms with Crippen molar-refractivity contribution in [3.05, 3.63) is 60.2 Å². The van der Waals surface area contributed by atoms with Gasteiger partial charge in [-0.1, -0.05) is 12.1 Å². The highest BCUT2D eigenvalue weighted by Gasteiger charge is 2.30. The van der Waals surface area contributed by atoms with Crippen molar-refractivity contribution in [3.63, 3.8) is 0 Å². The first kappa shape index (κ1) is 22.1. The van der Waals surface area contributed by atoms with Gasteiger partial charge in [-0.15, -0.1) is 0 Å². The van der Waals surface area contributed by atoms with Crippen LogP contribution < -0.4 is 0 Å². The Morgan fingerprint density at radius 2 is 1.14 bits per heavy atom. The molecule has 4 heterocycles. The summed E-state index contributed by atoms with van der Waals surface area (Å²) in [5.41, 5.74) is 4.85. The number of piperidine rings is 2. The molecule has 4 aromatic rings. The highest BCUT2D eigenvalue weighted by molar-refractivity contribution is 6.07. The van der Waals surface area contributed by atoms with Crippen LogP contribution in [0.1, 0.15) is 46.4 Å². The van der Waals surface area contributed by atoms with Gasteiger partial charge in [-0.3, -0.25) is 19.4 Å². The highest BCUT2D eigenvalue weighted by atomic mass is 16.1. The number of nitrogens with zero attached hydrogens (tertiary/aromatic N) is 4. The molecule has 0 saturated carbocycles. The molecule has 2 N–H and O–H groups in total. The molecule has 180 valence electrons. The molecule has 6 rings (SSSR count). The quantitative estimate of drug-likeness (QED) is 0.415. The number of hydrogen-bond donors (Lipinski definition) is 2. The van der Waals surface area contributed by atoms with Crippen molar-refractivity contribution >= 4 is 33.6 Å². The van der Waals surface area contributed by atoms with Gasteiger partial charge in [0.2, 0.25) is 0 Å². The minimum atomic E-state index is 0.0571. The van der Waals surface area contributed by atoms with Crippen molar-refractivity contribution < 1.29 is 9.59 Å². The monoisotopic (exact) mass is 470 g/mol. The van der Waals surface area contributed by atoms with Gasteiger partial charge in [0.05, 0.1) is 41.4 Å². The molecular weight excluding hydrogens is 440 g/mol. The second kappa shape index (κ2) is 9.36. The third-order valence-corrected chi connectivity index (χ3v) is 7.75. The normalized spacial score (nSPS) is 19.0. The van der Waals surface area contributed by atoms with Gasteiger partial charge in [0, 0.05) is 49.1 Å². The standard InChI is InChI=1S/C27H30N6O2/c34-26(20-3-1-5-22-24(20)30-15-28-22)18-7-11-32(12-8-18)17-33-13-9-19(10-14-33)27(35)21-4-2-6-23-25(21)31-16-29-23/h1-6,15-16,18-19H,7-14,17H2,(H,28,30)(H,29,31). The first-order valence-corrected chi connectivity index (χ1v) is 12.5. The van der Waals surface area contributed by atoms with Gasteiger partial charge in [-0.2, -0.15) is 0 Å². The molecule has 2 aromatic heterocycles. The van der Waals surface area contributed by atoms with Crippen LogP contribution in [0.15, 0.2) is 49.1 Å². The number of benzene rings is 2. The van der Waals surface area contributed by atoms with E-state index in [-0.39, 0.29) is 23.4 Å². The number of hydrogen-bond acceptors (Lipinski definition) is 6. The topological polar surface area (TPSA) is 98.0 Å². The lowest BCUT2D eigenvalue weighted by Crippen LogP contribution is -2.46. The molecule has 2 aliphatic heterocycles. The average molecular weight is 471 g/mol. The van der Waals surface area contributed by atoms with Crippen molar-refractivity contribution in [1.82, 2.24) is 29.7 Å². The van der Waals surface area contributed by atoms with Gasteiger partial charge in [0.15, 0.2) is 11.6 Å². The summed E-state index contributed by atoms with van der Waals surface area (Å²) in [4.78, 5) is 46.1. The van der Waals surface area contributed by atoms with E-state index in [0.717, 1.165) is 91.7 Å². The highest BCUT2D eigenvalue weighted by Crippen LogP contribution is 2.28. The van der Waals surface area contributed by atoms with Crippen LogP contribution in [0, 0.1) is 11.8 Å². The Morgan fingerprint density at radius 1 is 0.714 bits per heavy atom. The Morgan fingerprint density at radius 3 is 1.57 bits per heavy atom. The molecule has 2 aliphatic rings. The predicted octanol–water partition coefficient (Wildman–Crippen LogP) is 3.89. The number of aromatic amines is 2. The molecule has 8 heteroatoms. The fraction of sp³-hybridized carbons (Fsp3) is 0.407. The van der Waals surface area contributed by atoms with Crippen molar-refractivity contribution in [3.8, 4) is 0 Å². The summed E-state index contributed by atoms with van der Waals surface area (Å²) in [7, 11) is 0. The van der Waals surface area contributed by atoms with Gasteiger partial charge in [0.1, 0.15) is 0 Å². The van der Waals surface area contributed by atoms with Crippen molar-refractivity contribution in [1.29, 1.82) is 0 Å². The lowest BCUT2D eigenvalue weighted by atomic mass is 9.88. The summed E-state index contributed by atoms with van der Waals surface area (Å²) in [6.45, 7) is 4.60. The largest absolute Gasteiger partial charge is 0.345 e. The lowest BCUT2D eigenvalue weighted by molar-refractivity contribution is 0.0586. The summed E-state index contributed by atoms with van der Waals surface area (Å²) in [6.07, 6.45) is 6.81. The van der Waals surface area contributed by atoms with E-state index in [1.54, 1.807) is 12.7 Å². The number of imidazole rings is 2. The molecule has 0 unspecified atom stereocenters. The van der Waals surface area contributed by atoms with Gasteiger partial charge < -0.3 is 9.97 Å². The van der Waals surface area contributed by atoms with Crippen LogP contribution in [0.3, 0.4) is 0 Å². The number of likely N-dealkylation sites (tertiary alicyclic amines) is 2. The maximum atomic E-state index is 13.2. The maximum absolute atomic E-state index is 13.2. The zero-order valence-corrected chi connectivity index (χ0v) is 19.7.